The lowest BCUT2D eigenvalue weighted by Gasteiger charge is -2.39. The van der Waals surface area contributed by atoms with Crippen LogP contribution in [0, 0.1) is 11.8 Å². The summed E-state index contributed by atoms with van der Waals surface area (Å²) < 4.78 is 63.3. The first kappa shape index (κ1) is 48.1. The molecule has 6 aliphatic heterocycles. The summed E-state index contributed by atoms with van der Waals surface area (Å²) in [6.07, 6.45) is 6.92. The van der Waals surface area contributed by atoms with Gasteiger partial charge in [0.1, 0.15) is 36.6 Å². The van der Waals surface area contributed by atoms with Crippen LogP contribution in [0.4, 0.5) is 11.5 Å². The number of amides is 1. The Morgan fingerprint density at radius 3 is 2.43 bits per heavy atom. The minimum Gasteiger partial charge on any atom is -0.545 e. The molecule has 1 aromatic heterocycles. The molecule has 70 heavy (non-hydrogen) atoms. The van der Waals surface area contributed by atoms with Gasteiger partial charge >= 0.3 is 29.2 Å². The Balaban J connectivity index is 0.915. The van der Waals surface area contributed by atoms with E-state index >= 15 is 0 Å². The van der Waals surface area contributed by atoms with Crippen LogP contribution in [-0.2, 0) is 57.3 Å². The number of nitrogen functional groups attached to an aromatic ring is 1. The Labute approximate surface area is 398 Å². The van der Waals surface area contributed by atoms with Crippen molar-refractivity contribution < 1.29 is 70.6 Å². The zero-order valence-electron chi connectivity index (χ0n) is 37.3. The highest BCUT2D eigenvalue weighted by Gasteiger charge is 2.42. The number of anilines is 2. The summed E-state index contributed by atoms with van der Waals surface area (Å²) in [5.74, 6) is 4.92. The van der Waals surface area contributed by atoms with E-state index in [-0.39, 0.29) is 41.9 Å². The molecule has 0 aliphatic carbocycles. The number of aryl methyl sites for hydroxylation is 2. The number of hydrogen-bond acceptors (Lipinski definition) is 15. The van der Waals surface area contributed by atoms with Gasteiger partial charge in [0.25, 0.3) is 5.91 Å². The monoisotopic (exact) mass is 1020 g/mol. The number of carboxylic acids is 1. The number of nitrogens with zero attached hydrogens (tertiary/aromatic N) is 4. The van der Waals surface area contributed by atoms with E-state index in [1.165, 1.54) is 40.5 Å². The van der Waals surface area contributed by atoms with Crippen LogP contribution in [0.2, 0.25) is 0 Å². The summed E-state index contributed by atoms with van der Waals surface area (Å²) >= 11 is 0. The zero-order chi connectivity index (χ0) is 49.3. The number of carbonyl (C=O) groups excluding carboxylic acids is 2. The molecule has 6 aliphatic rings. The van der Waals surface area contributed by atoms with Crippen LogP contribution in [-0.4, -0.2) is 86.4 Å². The smallest absolute Gasteiger partial charge is 0.490 e. The molecule has 4 atom stereocenters. The second kappa shape index (κ2) is 18.6. The van der Waals surface area contributed by atoms with E-state index < -0.39 is 60.0 Å². The average molecular weight is 1020 g/mol. The highest BCUT2D eigenvalue weighted by atomic mass is 31.3. The van der Waals surface area contributed by atoms with Crippen molar-refractivity contribution in [3.05, 3.63) is 108 Å². The molecule has 368 valence electrons. The summed E-state index contributed by atoms with van der Waals surface area (Å²) in [5.41, 5.74) is 13.1. The molecule has 1 saturated heterocycles. The summed E-state index contributed by atoms with van der Waals surface area (Å²) in [6.45, 7) is 2.94. The van der Waals surface area contributed by atoms with E-state index in [0.717, 1.165) is 116 Å². The number of carbonyl (C=O) groups is 2. The van der Waals surface area contributed by atoms with Crippen LogP contribution < -0.4 is 46.6 Å². The number of hydrogen-bond donors (Lipinski definition) is 6. The number of phosphoric ester groups is 1. The van der Waals surface area contributed by atoms with Gasteiger partial charge in [-0.3, -0.25) is 13.9 Å². The molecule has 3 aromatic carbocycles. The molecule has 7 heterocycles. The first-order valence-electron chi connectivity index (χ1n) is 22.7. The summed E-state index contributed by atoms with van der Waals surface area (Å²) in [5, 5.41) is 17.8. The van der Waals surface area contributed by atoms with E-state index in [1.54, 1.807) is 6.07 Å². The normalized spacial score (nSPS) is 20.6. The summed E-state index contributed by atoms with van der Waals surface area (Å²) in [6, 6.07) is 8.72. The van der Waals surface area contributed by atoms with Crippen molar-refractivity contribution >= 4 is 52.4 Å². The van der Waals surface area contributed by atoms with Crippen molar-refractivity contribution in [1.29, 1.82) is 0 Å². The number of ether oxygens (including phenoxy) is 2. The maximum atomic E-state index is 13.9. The van der Waals surface area contributed by atoms with E-state index in [1.807, 2.05) is 0 Å². The Morgan fingerprint density at radius 1 is 0.914 bits per heavy atom. The van der Waals surface area contributed by atoms with E-state index in [9.17, 15) is 43.0 Å². The molecule has 1 amide bonds. The van der Waals surface area contributed by atoms with Crippen molar-refractivity contribution in [3.63, 3.8) is 0 Å². The molecule has 22 nitrogen and oxygen atoms in total. The highest BCUT2D eigenvalue weighted by molar-refractivity contribution is 7.66. The maximum Gasteiger partial charge on any atom is 0.490 e. The van der Waals surface area contributed by atoms with Crippen molar-refractivity contribution in [2.24, 2.45) is 0 Å². The van der Waals surface area contributed by atoms with Gasteiger partial charge in [0.2, 0.25) is 5.36 Å². The largest absolute Gasteiger partial charge is 0.545 e. The lowest BCUT2D eigenvalue weighted by atomic mass is 9.81. The van der Waals surface area contributed by atoms with Crippen LogP contribution in [0.3, 0.4) is 0 Å². The van der Waals surface area contributed by atoms with Gasteiger partial charge in [0.05, 0.1) is 36.4 Å². The van der Waals surface area contributed by atoms with E-state index in [0.29, 0.717) is 11.1 Å². The lowest BCUT2D eigenvalue weighted by molar-refractivity contribution is -0.255. The first-order chi connectivity index (χ1) is 33.3. The third-order valence-electron chi connectivity index (χ3n) is 13.2. The molecule has 10 rings (SSSR count). The molecule has 4 aromatic rings. The van der Waals surface area contributed by atoms with Gasteiger partial charge < -0.3 is 54.9 Å². The van der Waals surface area contributed by atoms with Gasteiger partial charge in [-0.2, -0.15) is 13.6 Å². The number of nitrogens with two attached hydrogens (primary N) is 1. The number of phosphoric acid groups is 3. The second-order valence-corrected chi connectivity index (χ2v) is 22.2. The molecule has 1 fully saturated rings. The molecule has 0 bridgehead atoms. The third kappa shape index (κ3) is 9.52. The molecular weight excluding hydrogens is 973 g/mol. The fourth-order valence-electron chi connectivity index (χ4n) is 10.5. The van der Waals surface area contributed by atoms with Crippen LogP contribution in [0.5, 0.6) is 11.5 Å². The van der Waals surface area contributed by atoms with Gasteiger partial charge in [-0.05, 0) is 86.8 Å². The minimum atomic E-state index is -5.72. The van der Waals surface area contributed by atoms with Crippen LogP contribution in [0.15, 0.2) is 41.3 Å². The van der Waals surface area contributed by atoms with Gasteiger partial charge in [0.15, 0.2) is 0 Å². The Bertz CT molecular complexity index is 3320. The molecule has 7 N–H and O–H groups in total. The predicted molar refractivity (Wildman–Crippen MR) is 246 cm³/mol. The lowest BCUT2D eigenvalue weighted by Crippen LogP contribution is -2.45. The highest BCUT2D eigenvalue weighted by Crippen LogP contribution is 2.66. The molecule has 0 radical (unpaired) electrons. The Kier molecular flexibility index (Phi) is 12.8. The van der Waals surface area contributed by atoms with E-state index in [4.69, 9.17) is 25.0 Å². The number of rotatable bonds is 12. The topological polar surface area (TPSA) is 315 Å². The summed E-state index contributed by atoms with van der Waals surface area (Å²) in [4.78, 5) is 82.8. The molecule has 25 heteroatoms. The number of fused-ring (bicyclic) bond motifs is 4. The fourth-order valence-corrected chi connectivity index (χ4v) is 13.6. The second-order valence-electron chi connectivity index (χ2n) is 17.8. The van der Waals surface area contributed by atoms with Crippen molar-refractivity contribution in [2.45, 2.75) is 76.5 Å². The average Bonchev–Trinajstić information content (AvgIpc) is 3.78. The number of benzene rings is 3. The maximum absolute atomic E-state index is 13.9. The number of carboxylic acid groups (broad SMARTS) is 1. The standard InChI is InChI=1S/C45H47N6O16P3/c46-42-28(23-51(45(55)48-42)36-14-12-29(64-36)24-63-69(59,60)67-70(61,62)66-68(56,57)58)6-1-15-47-43(52)27-11-13-30(44(53)54)33(22-27)37-34-20-25-7-2-16-49-18-4-9-31(38(25)49)40(34)65-41-32-10-5-19-50-17-3-8-26(39(32)50)21-35(37)41/h11,13,20-23,29,36H,2-5,7-10,12,14-19,24H2,(H7-,46,47,48,52,53,54,55,56,57,58,59,60,61,62)/t29-,36+/m0/s1. The molecule has 0 spiro atoms. The minimum absolute atomic E-state index is 0.0684. The van der Waals surface area contributed by atoms with Crippen LogP contribution in [0.25, 0.3) is 5.57 Å². The summed E-state index contributed by atoms with van der Waals surface area (Å²) in [7, 11) is -16.7. The number of nitrogens with one attached hydrogen (secondary N) is 1. The number of aromatic nitrogens is 2. The van der Waals surface area contributed by atoms with Gasteiger partial charge in [-0.15, -0.1) is 0 Å². The van der Waals surface area contributed by atoms with Gasteiger partial charge in [0, 0.05) is 76.4 Å². The Hall–Kier alpha value is -5.52. The van der Waals surface area contributed by atoms with E-state index in [2.05, 4.69) is 56.9 Å². The Morgan fingerprint density at radius 2 is 1.66 bits per heavy atom. The van der Waals surface area contributed by atoms with Crippen molar-refractivity contribution in [2.75, 3.05) is 50.0 Å². The first-order valence-corrected chi connectivity index (χ1v) is 27.2. The van der Waals surface area contributed by atoms with Crippen molar-refractivity contribution in [1.82, 2.24) is 19.4 Å². The number of aromatic carboxylic acids is 1. The van der Waals surface area contributed by atoms with Gasteiger partial charge in [-0.25, -0.2) is 23.1 Å². The molecule has 0 saturated carbocycles. The van der Waals surface area contributed by atoms with Crippen LogP contribution >= 0.6 is 23.5 Å². The third-order valence-corrected chi connectivity index (χ3v) is 17.0. The predicted octanol–water partition coefficient (Wildman–Crippen LogP) is 1.43. The van der Waals surface area contributed by atoms with Gasteiger partial charge in [-0.1, -0.05) is 17.9 Å². The fraction of sp³-hybridized carbons (Fsp3) is 0.400. The zero-order valence-corrected chi connectivity index (χ0v) is 40.0. The van der Waals surface area contributed by atoms with Crippen LogP contribution in [0.1, 0.15) is 104 Å². The molecular formula is C45H47N6O16P3. The molecule has 2 unspecified atom stereocenters. The SMILES string of the molecule is Nc1nc(=O)n([C@H]2CC[C@@H](COP(=O)(O)OP(=O)(O)OP(=O)(O)O)O2)cc1C#CCNC(=O)c1ccc(C(=O)[O-])c(C2=c3cc4c5c(c3Oc3c2cc2c6c3CCCN6CCC2)CCC[N+]=5CCC4)c1. The van der Waals surface area contributed by atoms with Crippen molar-refractivity contribution in [3.8, 4) is 23.3 Å². The quantitative estimate of drug-likeness (QED) is 0.0585.